The van der Waals surface area contributed by atoms with Crippen molar-refractivity contribution in [3.63, 3.8) is 0 Å². The van der Waals surface area contributed by atoms with Gasteiger partial charge in [-0.1, -0.05) is 0 Å². The van der Waals surface area contributed by atoms with Gasteiger partial charge in [-0.2, -0.15) is 18.2 Å². The number of nitrogens with zero attached hydrogens (tertiary/aromatic N) is 2. The molecule has 0 radical (unpaired) electrons. The van der Waals surface area contributed by atoms with Crippen LogP contribution < -0.4 is 21.5 Å². The van der Waals surface area contributed by atoms with Gasteiger partial charge in [0.2, 0.25) is 11.5 Å². The van der Waals surface area contributed by atoms with E-state index in [2.05, 4.69) is 31.2 Å². The highest BCUT2D eigenvalue weighted by Gasteiger charge is 2.56. The van der Waals surface area contributed by atoms with Crippen LogP contribution in [0.15, 0.2) is 51.4 Å². The zero-order valence-corrected chi connectivity index (χ0v) is 22.8. The minimum atomic E-state index is -5.37. The first-order valence-electron chi connectivity index (χ1n) is 11.9. The number of primary amides is 1. The molecular formula is C26H22BrF4N5O5. The number of aromatic nitrogens is 2. The summed E-state index contributed by atoms with van der Waals surface area (Å²) in [6.45, 7) is 0.265. The van der Waals surface area contributed by atoms with E-state index in [-0.39, 0.29) is 46.3 Å². The van der Waals surface area contributed by atoms with E-state index in [1.807, 2.05) is 0 Å². The van der Waals surface area contributed by atoms with Gasteiger partial charge in [0.15, 0.2) is 5.58 Å². The number of carbonyl (C=O) groups is 2. The molecule has 4 aromatic rings. The van der Waals surface area contributed by atoms with Crippen molar-refractivity contribution < 1.29 is 41.4 Å². The standard InChI is InChI=1S/C26H22BrF4N5O5/c1-2-40-22-13(10-19(32)37)9-18(35-20(22)12-3-5-15(28)6-4-12)25(39,26(29,30)31)11-34-23(38)14-7-16(27)21-17(8-14)41-24(33)36-21/h3-9,39H,2,10-11H2,1H3,(H2,32,37)(H2,33,36)(H,34,38)/t25-/m0/s1. The zero-order chi connectivity index (χ0) is 30.1. The highest BCUT2D eigenvalue weighted by molar-refractivity contribution is 9.10. The van der Waals surface area contributed by atoms with Gasteiger partial charge in [0.25, 0.3) is 11.9 Å². The number of ether oxygens (including phenoxy) is 1. The van der Waals surface area contributed by atoms with Crippen molar-refractivity contribution in [1.82, 2.24) is 15.3 Å². The lowest BCUT2D eigenvalue weighted by Crippen LogP contribution is -2.51. The fourth-order valence-corrected chi connectivity index (χ4v) is 4.54. The van der Waals surface area contributed by atoms with Crippen LogP contribution in [0.5, 0.6) is 5.75 Å². The molecule has 1 atom stereocenters. The maximum atomic E-state index is 14.5. The van der Waals surface area contributed by atoms with Crippen molar-refractivity contribution in [3.8, 4) is 17.0 Å². The minimum absolute atomic E-state index is 0.0390. The Morgan fingerprint density at radius 3 is 2.44 bits per heavy atom. The molecule has 6 N–H and O–H groups in total. The Balaban J connectivity index is 1.80. The molecular weight excluding hydrogens is 618 g/mol. The molecule has 0 aliphatic rings. The smallest absolute Gasteiger partial charge is 0.424 e. The maximum absolute atomic E-state index is 14.5. The van der Waals surface area contributed by atoms with Crippen LogP contribution in [0, 0.1) is 5.82 Å². The summed E-state index contributed by atoms with van der Waals surface area (Å²) in [4.78, 5) is 32.7. The zero-order valence-electron chi connectivity index (χ0n) is 21.2. The number of aliphatic hydroxyl groups is 1. The summed E-state index contributed by atoms with van der Waals surface area (Å²) in [6, 6.07) is 7.77. The number of hydrogen-bond donors (Lipinski definition) is 4. The van der Waals surface area contributed by atoms with Crippen molar-refractivity contribution in [3.05, 3.63) is 69.6 Å². The van der Waals surface area contributed by atoms with Crippen LogP contribution in [0.25, 0.3) is 22.4 Å². The average molecular weight is 640 g/mol. The van der Waals surface area contributed by atoms with Gasteiger partial charge >= 0.3 is 6.18 Å². The van der Waals surface area contributed by atoms with Crippen LogP contribution in [0.3, 0.4) is 0 Å². The van der Waals surface area contributed by atoms with E-state index in [4.69, 9.17) is 20.6 Å². The predicted octanol–water partition coefficient (Wildman–Crippen LogP) is 3.98. The molecule has 2 amide bonds. The van der Waals surface area contributed by atoms with E-state index in [0.29, 0.717) is 9.99 Å². The number of carbonyl (C=O) groups excluding carboxylic acids is 2. The quantitative estimate of drug-likeness (QED) is 0.200. The molecule has 0 aliphatic heterocycles. The molecule has 216 valence electrons. The highest BCUT2D eigenvalue weighted by atomic mass is 79.9. The highest BCUT2D eigenvalue weighted by Crippen LogP contribution is 2.42. The first kappa shape index (κ1) is 29.7. The Hall–Kier alpha value is -4.24. The van der Waals surface area contributed by atoms with E-state index < -0.39 is 48.1 Å². The fourth-order valence-electron chi connectivity index (χ4n) is 4.01. The molecule has 0 bridgehead atoms. The third-order valence-corrected chi connectivity index (χ3v) is 6.55. The van der Waals surface area contributed by atoms with Crippen LogP contribution in [-0.2, 0) is 16.8 Å². The summed E-state index contributed by atoms with van der Waals surface area (Å²) in [6.07, 6.45) is -5.93. The number of fused-ring (bicyclic) bond motifs is 1. The lowest BCUT2D eigenvalue weighted by atomic mass is 9.93. The number of nitrogens with two attached hydrogens (primary N) is 2. The van der Waals surface area contributed by atoms with Crippen LogP contribution in [0.1, 0.15) is 28.5 Å². The molecule has 2 aromatic heterocycles. The fraction of sp³-hybridized carbons (Fsp3) is 0.231. The van der Waals surface area contributed by atoms with Crippen molar-refractivity contribution in [1.29, 1.82) is 0 Å². The molecule has 2 aromatic carbocycles. The lowest BCUT2D eigenvalue weighted by molar-refractivity contribution is -0.265. The Morgan fingerprint density at radius 2 is 1.83 bits per heavy atom. The number of halogens is 5. The summed E-state index contributed by atoms with van der Waals surface area (Å²) >= 11 is 3.20. The number of hydrogen-bond acceptors (Lipinski definition) is 8. The molecule has 0 fully saturated rings. The summed E-state index contributed by atoms with van der Waals surface area (Å²) < 4.78 is 68.1. The Kier molecular flexibility index (Phi) is 8.22. The monoisotopic (exact) mass is 639 g/mol. The number of alkyl halides is 3. The van der Waals surface area contributed by atoms with E-state index in [9.17, 15) is 32.3 Å². The first-order chi connectivity index (χ1) is 19.2. The van der Waals surface area contributed by atoms with Crippen LogP contribution in [0.4, 0.5) is 23.6 Å². The number of pyridine rings is 1. The van der Waals surface area contributed by atoms with Gasteiger partial charge in [0.05, 0.1) is 25.3 Å². The first-order valence-corrected chi connectivity index (χ1v) is 12.7. The van der Waals surface area contributed by atoms with Gasteiger partial charge in [-0.25, -0.2) is 9.37 Å². The van der Waals surface area contributed by atoms with E-state index in [1.54, 1.807) is 6.92 Å². The summed E-state index contributed by atoms with van der Waals surface area (Å²) in [5.74, 6) is -2.58. The summed E-state index contributed by atoms with van der Waals surface area (Å²) in [5, 5.41) is 13.1. The number of nitrogen functional groups attached to an aromatic ring is 1. The summed E-state index contributed by atoms with van der Waals surface area (Å²) in [5.41, 5.74) is 6.26. The molecule has 0 aliphatic carbocycles. The third kappa shape index (κ3) is 6.10. The van der Waals surface area contributed by atoms with Gasteiger partial charge < -0.3 is 31.0 Å². The van der Waals surface area contributed by atoms with Crippen molar-refractivity contribution >= 4 is 44.9 Å². The average Bonchev–Trinajstić information content (AvgIpc) is 3.28. The van der Waals surface area contributed by atoms with Crippen LogP contribution in [-0.4, -0.2) is 46.2 Å². The van der Waals surface area contributed by atoms with Gasteiger partial charge in [0, 0.05) is 21.2 Å². The maximum Gasteiger partial charge on any atom is 0.424 e. The van der Waals surface area contributed by atoms with Gasteiger partial charge in [-0.15, -0.1) is 0 Å². The topological polar surface area (TPSA) is 167 Å². The predicted molar refractivity (Wildman–Crippen MR) is 142 cm³/mol. The van der Waals surface area contributed by atoms with E-state index >= 15 is 0 Å². The third-order valence-electron chi connectivity index (χ3n) is 5.95. The number of benzene rings is 2. The van der Waals surface area contributed by atoms with Crippen molar-refractivity contribution in [2.45, 2.75) is 25.1 Å². The molecule has 15 heteroatoms. The van der Waals surface area contributed by atoms with E-state index in [1.165, 1.54) is 24.3 Å². The molecule has 4 rings (SSSR count). The SMILES string of the molecule is CCOc1c(CC(N)=O)cc([C@@](O)(CNC(=O)c2cc(Br)c3nc(N)oc3c2)C(F)(F)F)nc1-c1ccc(F)cc1. The number of rotatable bonds is 9. The number of oxazole rings is 1. The largest absolute Gasteiger partial charge is 0.491 e. The Bertz CT molecular complexity index is 1630. The second-order valence-electron chi connectivity index (χ2n) is 8.82. The number of amides is 2. The molecule has 0 unspecified atom stereocenters. The molecule has 0 saturated carbocycles. The summed E-state index contributed by atoms with van der Waals surface area (Å²) in [7, 11) is 0. The number of anilines is 1. The second kappa shape index (κ2) is 11.3. The molecule has 41 heavy (non-hydrogen) atoms. The van der Waals surface area contributed by atoms with Gasteiger partial charge in [-0.3, -0.25) is 9.59 Å². The van der Waals surface area contributed by atoms with Crippen LogP contribution in [0.2, 0.25) is 0 Å². The molecule has 0 saturated heterocycles. The Morgan fingerprint density at radius 1 is 1.15 bits per heavy atom. The van der Waals surface area contributed by atoms with Crippen molar-refractivity contribution in [2.75, 3.05) is 18.9 Å². The molecule has 2 heterocycles. The van der Waals surface area contributed by atoms with E-state index in [0.717, 1.165) is 18.2 Å². The van der Waals surface area contributed by atoms with Gasteiger partial charge in [0.1, 0.15) is 22.8 Å². The second-order valence-corrected chi connectivity index (χ2v) is 9.68. The Labute approximate surface area is 237 Å². The normalized spacial score (nSPS) is 13.1. The minimum Gasteiger partial charge on any atom is -0.491 e. The number of nitrogens with one attached hydrogen (secondary N) is 1. The van der Waals surface area contributed by atoms with Crippen molar-refractivity contribution in [2.24, 2.45) is 5.73 Å². The lowest BCUT2D eigenvalue weighted by Gasteiger charge is -2.31. The van der Waals surface area contributed by atoms with Gasteiger partial charge in [-0.05, 0) is 65.3 Å². The molecule has 10 nitrogen and oxygen atoms in total. The molecule has 0 spiro atoms. The van der Waals surface area contributed by atoms with Crippen LogP contribution >= 0.6 is 15.9 Å².